The number of fused-ring (bicyclic) bond motifs is 1. The quantitative estimate of drug-likeness (QED) is 0.531. The second kappa shape index (κ2) is 6.03. The molecule has 6 heteroatoms. The van der Waals surface area contributed by atoms with Crippen molar-refractivity contribution in [3.8, 4) is 5.75 Å². The van der Waals surface area contributed by atoms with Crippen LogP contribution in [0.5, 0.6) is 5.75 Å². The normalized spacial score (nSPS) is 10.6. The minimum absolute atomic E-state index is 0.0715. The third-order valence-electron chi connectivity index (χ3n) is 3.24. The van der Waals surface area contributed by atoms with Crippen molar-refractivity contribution in [2.75, 3.05) is 7.11 Å². The molecule has 0 aliphatic rings. The van der Waals surface area contributed by atoms with Crippen LogP contribution in [0.3, 0.4) is 0 Å². The first kappa shape index (κ1) is 14.3. The summed E-state index contributed by atoms with van der Waals surface area (Å²) >= 11 is 1.55. The van der Waals surface area contributed by atoms with Crippen LogP contribution in [0.25, 0.3) is 10.8 Å². The topological polar surface area (TPSA) is 65.3 Å². The molecule has 22 heavy (non-hydrogen) atoms. The molecule has 1 heterocycles. The number of hydrogen-bond donors (Lipinski definition) is 0. The SMILES string of the molecule is COc1ccc(Sc2ccc([N+](=O)[O-])c3cnccc23)cc1. The van der Waals surface area contributed by atoms with Crippen molar-refractivity contribution >= 4 is 28.2 Å². The summed E-state index contributed by atoms with van der Waals surface area (Å²) in [7, 11) is 1.62. The number of nitro groups is 1. The van der Waals surface area contributed by atoms with E-state index in [4.69, 9.17) is 4.74 Å². The van der Waals surface area contributed by atoms with E-state index in [1.54, 1.807) is 37.2 Å². The molecule has 0 saturated heterocycles. The number of benzene rings is 2. The Morgan fingerprint density at radius 3 is 2.55 bits per heavy atom. The van der Waals surface area contributed by atoms with Crippen molar-refractivity contribution in [1.29, 1.82) is 0 Å². The zero-order valence-electron chi connectivity index (χ0n) is 11.7. The molecule has 0 amide bonds. The van der Waals surface area contributed by atoms with Gasteiger partial charge in [0.05, 0.1) is 17.4 Å². The van der Waals surface area contributed by atoms with Crippen molar-refractivity contribution in [1.82, 2.24) is 4.98 Å². The lowest BCUT2D eigenvalue weighted by Crippen LogP contribution is -1.91. The molecule has 0 radical (unpaired) electrons. The number of nitrogens with zero attached hydrogens (tertiary/aromatic N) is 2. The van der Waals surface area contributed by atoms with Gasteiger partial charge in [-0.05, 0) is 36.4 Å². The van der Waals surface area contributed by atoms with Gasteiger partial charge < -0.3 is 4.74 Å². The van der Waals surface area contributed by atoms with Gasteiger partial charge in [-0.2, -0.15) is 0 Å². The van der Waals surface area contributed by atoms with Gasteiger partial charge in [0.25, 0.3) is 5.69 Å². The van der Waals surface area contributed by atoms with E-state index >= 15 is 0 Å². The number of nitro benzene ring substituents is 1. The van der Waals surface area contributed by atoms with Crippen LogP contribution in [0.15, 0.2) is 64.6 Å². The van der Waals surface area contributed by atoms with Gasteiger partial charge in [0, 0.05) is 33.6 Å². The molecule has 3 rings (SSSR count). The van der Waals surface area contributed by atoms with Crippen molar-refractivity contribution < 1.29 is 9.66 Å². The summed E-state index contributed by atoms with van der Waals surface area (Å²) in [4.78, 5) is 16.7. The third-order valence-corrected chi connectivity index (χ3v) is 4.32. The fourth-order valence-electron chi connectivity index (χ4n) is 2.17. The van der Waals surface area contributed by atoms with Gasteiger partial charge in [0.1, 0.15) is 5.75 Å². The molecular formula is C16H12N2O3S. The molecule has 0 aliphatic heterocycles. The molecule has 0 bridgehead atoms. The van der Waals surface area contributed by atoms with Crippen LogP contribution < -0.4 is 4.74 Å². The van der Waals surface area contributed by atoms with E-state index < -0.39 is 0 Å². The summed E-state index contributed by atoms with van der Waals surface area (Å²) in [5.74, 6) is 0.794. The molecule has 3 aromatic rings. The average molecular weight is 312 g/mol. The number of pyridine rings is 1. The highest BCUT2D eigenvalue weighted by Gasteiger charge is 2.14. The van der Waals surface area contributed by atoms with Crippen LogP contribution in [-0.4, -0.2) is 17.0 Å². The first-order valence-corrected chi connectivity index (χ1v) is 7.34. The van der Waals surface area contributed by atoms with Gasteiger partial charge in [-0.15, -0.1) is 0 Å². The van der Waals surface area contributed by atoms with Gasteiger partial charge in [-0.3, -0.25) is 15.1 Å². The minimum Gasteiger partial charge on any atom is -0.497 e. The Morgan fingerprint density at radius 1 is 1.09 bits per heavy atom. The maximum absolute atomic E-state index is 11.1. The molecule has 1 aromatic heterocycles. The number of non-ortho nitro benzene ring substituents is 1. The summed E-state index contributed by atoms with van der Waals surface area (Å²) < 4.78 is 5.14. The van der Waals surface area contributed by atoms with Crippen LogP contribution >= 0.6 is 11.8 Å². The number of methoxy groups -OCH3 is 1. The minimum atomic E-state index is -0.383. The second-order valence-corrected chi connectivity index (χ2v) is 5.65. The molecule has 0 N–H and O–H groups in total. The first-order valence-electron chi connectivity index (χ1n) is 6.52. The molecule has 0 aliphatic carbocycles. The Balaban J connectivity index is 2.03. The Bertz CT molecular complexity index is 834. The van der Waals surface area contributed by atoms with Crippen molar-refractivity contribution in [2.45, 2.75) is 9.79 Å². The lowest BCUT2D eigenvalue weighted by Gasteiger charge is -2.07. The lowest BCUT2D eigenvalue weighted by atomic mass is 10.1. The van der Waals surface area contributed by atoms with Gasteiger partial charge in [0.15, 0.2) is 0 Å². The van der Waals surface area contributed by atoms with E-state index in [2.05, 4.69) is 4.98 Å². The van der Waals surface area contributed by atoms with Gasteiger partial charge >= 0.3 is 0 Å². The summed E-state index contributed by atoms with van der Waals surface area (Å²) in [5, 5.41) is 12.5. The van der Waals surface area contributed by atoms with Crippen LogP contribution in [0.4, 0.5) is 5.69 Å². The predicted octanol–water partition coefficient (Wildman–Crippen LogP) is 4.30. The fourth-order valence-corrected chi connectivity index (χ4v) is 3.12. The number of hydrogen-bond acceptors (Lipinski definition) is 5. The number of rotatable bonds is 4. The van der Waals surface area contributed by atoms with Crippen molar-refractivity contribution in [3.05, 3.63) is 65.0 Å². The monoisotopic (exact) mass is 312 g/mol. The molecule has 0 spiro atoms. The largest absolute Gasteiger partial charge is 0.497 e. The Hall–Kier alpha value is -2.60. The summed E-state index contributed by atoms with van der Waals surface area (Å²) in [6.45, 7) is 0. The molecule has 2 aromatic carbocycles. The van der Waals surface area contributed by atoms with Crippen molar-refractivity contribution in [3.63, 3.8) is 0 Å². The van der Waals surface area contributed by atoms with Gasteiger partial charge in [-0.1, -0.05) is 11.8 Å². The first-order chi connectivity index (χ1) is 10.7. The summed E-state index contributed by atoms with van der Waals surface area (Å²) in [6, 6.07) is 12.8. The Labute approximate surface area is 131 Å². The van der Waals surface area contributed by atoms with Crippen LogP contribution in [0, 0.1) is 10.1 Å². The van der Waals surface area contributed by atoms with Crippen LogP contribution in [0.1, 0.15) is 0 Å². The highest BCUT2D eigenvalue weighted by Crippen LogP contribution is 2.37. The van der Waals surface area contributed by atoms with Gasteiger partial charge in [0.2, 0.25) is 0 Å². The summed E-state index contributed by atoms with van der Waals surface area (Å²) in [6.07, 6.45) is 3.18. The average Bonchev–Trinajstić information content (AvgIpc) is 2.55. The molecule has 110 valence electrons. The molecule has 5 nitrogen and oxygen atoms in total. The molecule has 0 fully saturated rings. The lowest BCUT2D eigenvalue weighted by molar-refractivity contribution is -0.383. The van der Waals surface area contributed by atoms with E-state index in [0.717, 1.165) is 20.9 Å². The van der Waals surface area contributed by atoms with E-state index in [9.17, 15) is 10.1 Å². The Kier molecular flexibility index (Phi) is 3.93. The fraction of sp³-hybridized carbons (Fsp3) is 0.0625. The maximum Gasteiger partial charge on any atom is 0.278 e. The standard InChI is InChI=1S/C16H12N2O3S/c1-21-11-2-4-12(5-3-11)22-16-7-6-15(18(19)20)14-10-17-9-8-13(14)16/h2-10H,1H3. The van der Waals surface area contributed by atoms with Crippen LogP contribution in [-0.2, 0) is 0 Å². The van der Waals surface area contributed by atoms with E-state index in [-0.39, 0.29) is 10.6 Å². The third kappa shape index (κ3) is 2.73. The number of aromatic nitrogens is 1. The zero-order chi connectivity index (χ0) is 15.5. The maximum atomic E-state index is 11.1. The molecule has 0 saturated carbocycles. The highest BCUT2D eigenvalue weighted by molar-refractivity contribution is 7.99. The smallest absolute Gasteiger partial charge is 0.278 e. The van der Waals surface area contributed by atoms with Crippen LogP contribution in [0.2, 0.25) is 0 Å². The van der Waals surface area contributed by atoms with Gasteiger partial charge in [-0.25, -0.2) is 0 Å². The molecular weight excluding hydrogens is 300 g/mol. The van der Waals surface area contributed by atoms with Crippen molar-refractivity contribution in [2.24, 2.45) is 0 Å². The Morgan fingerprint density at radius 2 is 1.86 bits per heavy atom. The second-order valence-electron chi connectivity index (χ2n) is 4.54. The van der Waals surface area contributed by atoms with E-state index in [1.165, 1.54) is 12.3 Å². The van der Waals surface area contributed by atoms with E-state index in [0.29, 0.717) is 5.39 Å². The summed E-state index contributed by atoms with van der Waals surface area (Å²) in [5.41, 5.74) is 0.0715. The highest BCUT2D eigenvalue weighted by atomic mass is 32.2. The van der Waals surface area contributed by atoms with E-state index in [1.807, 2.05) is 24.3 Å². The molecule has 0 atom stereocenters. The zero-order valence-corrected chi connectivity index (χ0v) is 12.5. The predicted molar refractivity (Wildman–Crippen MR) is 85.5 cm³/mol. The number of ether oxygens (including phenoxy) is 1. The molecule has 0 unspecified atom stereocenters.